The van der Waals surface area contributed by atoms with E-state index in [2.05, 4.69) is 16.4 Å². The second-order valence-corrected chi connectivity index (χ2v) is 6.30. The van der Waals surface area contributed by atoms with Crippen LogP contribution in [0.4, 0.5) is 0 Å². The van der Waals surface area contributed by atoms with E-state index in [1.807, 2.05) is 6.07 Å². The van der Waals surface area contributed by atoms with Crippen molar-refractivity contribution in [2.45, 2.75) is 50.2 Å². The molecule has 1 aromatic heterocycles. The van der Waals surface area contributed by atoms with Crippen LogP contribution < -0.4 is 10.1 Å². The molecule has 3 heterocycles. The zero-order chi connectivity index (χ0) is 13.4. The Labute approximate surface area is 119 Å². The summed E-state index contributed by atoms with van der Waals surface area (Å²) in [7, 11) is 0. The molecular weight excluding hydrogens is 252 g/mol. The number of ether oxygens (including phenoxy) is 2. The summed E-state index contributed by atoms with van der Waals surface area (Å²) in [5.74, 6) is 0.783. The first-order valence-electron chi connectivity index (χ1n) is 7.83. The molecule has 3 aliphatic rings. The van der Waals surface area contributed by atoms with Crippen LogP contribution in [-0.4, -0.2) is 36.4 Å². The van der Waals surface area contributed by atoms with Crippen LogP contribution in [0.15, 0.2) is 12.1 Å². The van der Waals surface area contributed by atoms with Gasteiger partial charge in [-0.15, -0.1) is 0 Å². The summed E-state index contributed by atoms with van der Waals surface area (Å²) < 4.78 is 12.1. The van der Waals surface area contributed by atoms with Crippen LogP contribution in [0, 0.1) is 0 Å². The van der Waals surface area contributed by atoms with E-state index in [-0.39, 0.29) is 11.7 Å². The van der Waals surface area contributed by atoms with Gasteiger partial charge in [0.25, 0.3) is 0 Å². The third kappa shape index (κ3) is 2.31. The van der Waals surface area contributed by atoms with Crippen LogP contribution in [-0.2, 0) is 17.6 Å². The Morgan fingerprint density at radius 3 is 3.05 bits per heavy atom. The predicted molar refractivity (Wildman–Crippen MR) is 76.1 cm³/mol. The van der Waals surface area contributed by atoms with Crippen LogP contribution in [0.5, 0.6) is 5.88 Å². The Bertz CT molecular complexity index is 497. The number of nitrogens with zero attached hydrogens (tertiary/aromatic N) is 1. The second kappa shape index (κ2) is 5.01. The van der Waals surface area contributed by atoms with Gasteiger partial charge in [-0.2, -0.15) is 0 Å². The van der Waals surface area contributed by atoms with Crippen LogP contribution in [0.3, 0.4) is 0 Å². The Morgan fingerprint density at radius 1 is 1.25 bits per heavy atom. The molecule has 0 aromatic carbocycles. The summed E-state index contributed by atoms with van der Waals surface area (Å²) >= 11 is 0. The largest absolute Gasteiger partial charge is 0.472 e. The lowest BCUT2D eigenvalue weighted by molar-refractivity contribution is -0.0205. The SMILES string of the molecule is c1cc2c(nc1OC1COC3(CCNCC3)C1)CCC2. The van der Waals surface area contributed by atoms with Gasteiger partial charge in [0.05, 0.1) is 12.2 Å². The van der Waals surface area contributed by atoms with Gasteiger partial charge < -0.3 is 14.8 Å². The number of hydrogen-bond acceptors (Lipinski definition) is 4. The summed E-state index contributed by atoms with van der Waals surface area (Å²) in [5.41, 5.74) is 2.69. The summed E-state index contributed by atoms with van der Waals surface area (Å²) in [6, 6.07) is 4.21. The molecule has 0 amide bonds. The average molecular weight is 274 g/mol. The van der Waals surface area contributed by atoms with E-state index in [9.17, 15) is 0 Å². The van der Waals surface area contributed by atoms with Gasteiger partial charge in [-0.3, -0.25) is 0 Å². The molecule has 2 fully saturated rings. The third-order valence-corrected chi connectivity index (χ3v) is 4.88. The molecule has 4 rings (SSSR count). The highest BCUT2D eigenvalue weighted by Crippen LogP contribution is 2.35. The minimum absolute atomic E-state index is 0.0621. The Morgan fingerprint density at radius 2 is 2.15 bits per heavy atom. The molecule has 1 N–H and O–H groups in total. The minimum Gasteiger partial charge on any atom is -0.472 e. The Balaban J connectivity index is 1.42. The zero-order valence-electron chi connectivity index (χ0n) is 11.9. The molecule has 2 aliphatic heterocycles. The van der Waals surface area contributed by atoms with Gasteiger partial charge in [0.1, 0.15) is 6.10 Å². The molecule has 4 heteroatoms. The van der Waals surface area contributed by atoms with E-state index in [1.54, 1.807) is 0 Å². The van der Waals surface area contributed by atoms with Crippen LogP contribution in [0.2, 0.25) is 0 Å². The topological polar surface area (TPSA) is 43.4 Å². The monoisotopic (exact) mass is 274 g/mol. The number of fused-ring (bicyclic) bond motifs is 1. The average Bonchev–Trinajstić information content (AvgIpc) is 3.07. The van der Waals surface area contributed by atoms with Gasteiger partial charge in [-0.25, -0.2) is 4.98 Å². The summed E-state index contributed by atoms with van der Waals surface area (Å²) in [5, 5.41) is 3.40. The molecule has 4 nitrogen and oxygen atoms in total. The number of hydrogen-bond donors (Lipinski definition) is 1. The molecule has 2 saturated heterocycles. The normalized spacial score (nSPS) is 27.7. The van der Waals surface area contributed by atoms with Crippen molar-refractivity contribution in [3.8, 4) is 5.88 Å². The zero-order valence-corrected chi connectivity index (χ0v) is 11.9. The Kier molecular flexibility index (Phi) is 3.15. The highest BCUT2D eigenvalue weighted by molar-refractivity contribution is 5.29. The summed E-state index contributed by atoms with van der Waals surface area (Å²) in [6.45, 7) is 2.83. The van der Waals surface area contributed by atoms with E-state index in [0.29, 0.717) is 6.61 Å². The molecule has 1 aromatic rings. The molecule has 0 bridgehead atoms. The lowest BCUT2D eigenvalue weighted by Gasteiger charge is -2.32. The fourth-order valence-corrected chi connectivity index (χ4v) is 3.75. The lowest BCUT2D eigenvalue weighted by Crippen LogP contribution is -2.41. The van der Waals surface area contributed by atoms with Gasteiger partial charge in [0.2, 0.25) is 5.88 Å². The van der Waals surface area contributed by atoms with Gasteiger partial charge in [-0.05, 0) is 50.8 Å². The maximum absolute atomic E-state index is 6.07. The van der Waals surface area contributed by atoms with Gasteiger partial charge >= 0.3 is 0 Å². The molecular formula is C16H22N2O2. The smallest absolute Gasteiger partial charge is 0.213 e. The van der Waals surface area contributed by atoms with Gasteiger partial charge in [0.15, 0.2) is 0 Å². The standard InChI is InChI=1S/C16H22N2O2/c1-2-12-4-5-15(18-14(12)3-1)20-13-10-16(19-11-13)6-8-17-9-7-16/h4-5,13,17H,1-3,6-11H2. The number of nitrogens with one attached hydrogen (secondary N) is 1. The highest BCUT2D eigenvalue weighted by Gasteiger charge is 2.42. The lowest BCUT2D eigenvalue weighted by atomic mass is 9.89. The molecule has 108 valence electrons. The van der Waals surface area contributed by atoms with E-state index in [1.165, 1.54) is 24.1 Å². The molecule has 1 aliphatic carbocycles. The maximum Gasteiger partial charge on any atom is 0.213 e. The molecule has 1 spiro atoms. The van der Waals surface area contributed by atoms with E-state index in [0.717, 1.165) is 44.7 Å². The first-order chi connectivity index (χ1) is 9.83. The maximum atomic E-state index is 6.07. The summed E-state index contributed by atoms with van der Waals surface area (Å²) in [4.78, 5) is 4.66. The number of pyridine rings is 1. The molecule has 0 radical (unpaired) electrons. The number of aromatic nitrogens is 1. The molecule has 1 unspecified atom stereocenters. The number of aryl methyl sites for hydroxylation is 2. The van der Waals surface area contributed by atoms with Crippen LogP contribution in [0.1, 0.15) is 36.9 Å². The summed E-state index contributed by atoms with van der Waals surface area (Å²) in [6.07, 6.45) is 6.88. The van der Waals surface area contributed by atoms with Gasteiger partial charge in [0, 0.05) is 18.2 Å². The fraction of sp³-hybridized carbons (Fsp3) is 0.688. The third-order valence-electron chi connectivity index (χ3n) is 4.88. The number of piperidine rings is 1. The second-order valence-electron chi connectivity index (χ2n) is 6.30. The van der Waals surface area contributed by atoms with E-state index >= 15 is 0 Å². The van der Waals surface area contributed by atoms with Crippen molar-refractivity contribution in [3.63, 3.8) is 0 Å². The predicted octanol–water partition coefficient (Wildman–Crippen LogP) is 1.86. The van der Waals surface area contributed by atoms with Crippen molar-refractivity contribution in [3.05, 3.63) is 23.4 Å². The minimum atomic E-state index is 0.0621. The molecule has 0 saturated carbocycles. The van der Waals surface area contributed by atoms with Crippen LogP contribution in [0.25, 0.3) is 0 Å². The highest BCUT2D eigenvalue weighted by atomic mass is 16.6. The fourth-order valence-electron chi connectivity index (χ4n) is 3.75. The van der Waals surface area contributed by atoms with E-state index in [4.69, 9.17) is 9.47 Å². The van der Waals surface area contributed by atoms with Crippen molar-refractivity contribution in [2.24, 2.45) is 0 Å². The first kappa shape index (κ1) is 12.6. The van der Waals surface area contributed by atoms with Crippen molar-refractivity contribution < 1.29 is 9.47 Å². The van der Waals surface area contributed by atoms with Gasteiger partial charge in [-0.1, -0.05) is 6.07 Å². The van der Waals surface area contributed by atoms with Crippen molar-refractivity contribution in [1.29, 1.82) is 0 Å². The Hall–Kier alpha value is -1.13. The van der Waals surface area contributed by atoms with Crippen LogP contribution >= 0.6 is 0 Å². The molecule has 1 atom stereocenters. The van der Waals surface area contributed by atoms with Crippen molar-refractivity contribution in [1.82, 2.24) is 10.3 Å². The first-order valence-corrected chi connectivity index (χ1v) is 7.83. The quantitative estimate of drug-likeness (QED) is 0.894. The van der Waals surface area contributed by atoms with E-state index < -0.39 is 0 Å². The molecule has 20 heavy (non-hydrogen) atoms. The van der Waals surface area contributed by atoms with Crippen molar-refractivity contribution in [2.75, 3.05) is 19.7 Å². The van der Waals surface area contributed by atoms with Crippen molar-refractivity contribution >= 4 is 0 Å². The number of rotatable bonds is 2.